The van der Waals surface area contributed by atoms with E-state index >= 15 is 0 Å². The molecule has 1 aromatic rings. The summed E-state index contributed by atoms with van der Waals surface area (Å²) in [4.78, 5) is 12.3. The second-order valence-corrected chi connectivity index (χ2v) is 7.13. The number of carbonyl (C=O) groups is 1. The molecule has 3 heterocycles. The number of benzene rings is 1. The van der Waals surface area contributed by atoms with Gasteiger partial charge in [0.15, 0.2) is 0 Å². The third kappa shape index (κ3) is 2.98. The molecule has 2 fully saturated rings. The number of aryl methyl sites for hydroxylation is 1. The molecule has 2 atom stereocenters. The lowest BCUT2D eigenvalue weighted by Gasteiger charge is -2.28. The maximum Gasteiger partial charge on any atom is 0.224 e. The van der Waals surface area contributed by atoms with Crippen LogP contribution >= 0.6 is 0 Å². The number of rotatable bonds is 3. The fourth-order valence-electron chi connectivity index (χ4n) is 4.37. The van der Waals surface area contributed by atoms with E-state index in [1.807, 2.05) is 6.07 Å². The van der Waals surface area contributed by atoms with Gasteiger partial charge in [-0.25, -0.2) is 0 Å². The highest BCUT2D eigenvalue weighted by Gasteiger charge is 2.34. The van der Waals surface area contributed by atoms with Crippen LogP contribution in [0.25, 0.3) is 0 Å². The maximum absolute atomic E-state index is 12.3. The first-order valence-electron chi connectivity index (χ1n) is 8.69. The molecule has 3 N–H and O–H groups in total. The van der Waals surface area contributed by atoms with Gasteiger partial charge in [0.1, 0.15) is 0 Å². The van der Waals surface area contributed by atoms with E-state index in [0.29, 0.717) is 24.4 Å². The minimum atomic E-state index is 0.176. The molecule has 0 radical (unpaired) electrons. The van der Waals surface area contributed by atoms with Crippen molar-refractivity contribution in [3.63, 3.8) is 0 Å². The van der Waals surface area contributed by atoms with Crippen LogP contribution in [0.2, 0.25) is 0 Å². The molecule has 3 aliphatic rings. The monoisotopic (exact) mass is 299 g/mol. The fraction of sp³-hybridized carbons (Fsp3) is 0.611. The minimum Gasteiger partial charge on any atom is -0.385 e. The number of piperidine rings is 1. The van der Waals surface area contributed by atoms with Crippen molar-refractivity contribution in [2.24, 2.45) is 5.92 Å². The van der Waals surface area contributed by atoms with Crippen molar-refractivity contribution < 1.29 is 4.79 Å². The predicted molar refractivity (Wildman–Crippen MR) is 89.2 cm³/mol. The van der Waals surface area contributed by atoms with Gasteiger partial charge in [0.2, 0.25) is 5.91 Å². The van der Waals surface area contributed by atoms with Crippen molar-refractivity contribution in [1.82, 2.24) is 5.32 Å². The SMILES string of the molecule is O=C(CC1CC2CCC(C1)N2)Nc1ccc2c(c1)CCCN2. The van der Waals surface area contributed by atoms with Gasteiger partial charge < -0.3 is 16.0 Å². The third-order valence-corrected chi connectivity index (χ3v) is 5.37. The Bertz CT molecular complexity index is 559. The predicted octanol–water partition coefficient (Wildman–Crippen LogP) is 2.90. The molecular weight excluding hydrogens is 274 g/mol. The summed E-state index contributed by atoms with van der Waals surface area (Å²) in [5.74, 6) is 0.730. The fourth-order valence-corrected chi connectivity index (χ4v) is 4.37. The van der Waals surface area contributed by atoms with E-state index in [1.54, 1.807) is 0 Å². The number of carbonyl (C=O) groups excluding carboxylic acids is 1. The van der Waals surface area contributed by atoms with Gasteiger partial charge in [0.05, 0.1) is 0 Å². The van der Waals surface area contributed by atoms with E-state index in [1.165, 1.54) is 30.5 Å². The summed E-state index contributed by atoms with van der Waals surface area (Å²) in [6, 6.07) is 7.55. The van der Waals surface area contributed by atoms with Gasteiger partial charge in [-0.15, -0.1) is 0 Å². The van der Waals surface area contributed by atoms with Crippen LogP contribution < -0.4 is 16.0 Å². The molecule has 0 spiro atoms. The number of amides is 1. The second-order valence-electron chi connectivity index (χ2n) is 7.13. The van der Waals surface area contributed by atoms with Gasteiger partial charge in [-0.1, -0.05) is 0 Å². The quantitative estimate of drug-likeness (QED) is 0.804. The zero-order valence-electron chi connectivity index (χ0n) is 13.0. The molecule has 2 unspecified atom stereocenters. The molecule has 1 aromatic carbocycles. The molecule has 4 heteroatoms. The summed E-state index contributed by atoms with van der Waals surface area (Å²) in [7, 11) is 0. The number of hydrogen-bond acceptors (Lipinski definition) is 3. The smallest absolute Gasteiger partial charge is 0.224 e. The molecule has 2 saturated heterocycles. The lowest BCUT2D eigenvalue weighted by molar-refractivity contribution is -0.117. The summed E-state index contributed by atoms with van der Waals surface area (Å²) in [6.07, 6.45) is 7.85. The first kappa shape index (κ1) is 14.1. The van der Waals surface area contributed by atoms with Crippen LogP contribution in [-0.4, -0.2) is 24.5 Å². The molecule has 22 heavy (non-hydrogen) atoms. The van der Waals surface area contributed by atoms with Crippen molar-refractivity contribution in [1.29, 1.82) is 0 Å². The Hall–Kier alpha value is -1.55. The van der Waals surface area contributed by atoms with Gasteiger partial charge in [-0.3, -0.25) is 4.79 Å². The Balaban J connectivity index is 1.35. The largest absolute Gasteiger partial charge is 0.385 e. The topological polar surface area (TPSA) is 53.2 Å². The van der Waals surface area contributed by atoms with Crippen LogP contribution in [0.4, 0.5) is 11.4 Å². The zero-order chi connectivity index (χ0) is 14.9. The van der Waals surface area contributed by atoms with Gasteiger partial charge in [0.25, 0.3) is 0 Å². The summed E-state index contributed by atoms with van der Waals surface area (Å²) in [5.41, 5.74) is 3.49. The van der Waals surface area contributed by atoms with Crippen molar-refractivity contribution in [2.75, 3.05) is 17.2 Å². The number of anilines is 2. The molecule has 0 saturated carbocycles. The van der Waals surface area contributed by atoms with E-state index in [0.717, 1.165) is 31.5 Å². The Kier molecular flexibility index (Phi) is 3.78. The normalized spacial score (nSPS) is 29.5. The average molecular weight is 299 g/mol. The highest BCUT2D eigenvalue weighted by atomic mass is 16.1. The Morgan fingerprint density at radius 3 is 2.86 bits per heavy atom. The van der Waals surface area contributed by atoms with Crippen LogP contribution in [0.15, 0.2) is 18.2 Å². The first-order valence-corrected chi connectivity index (χ1v) is 8.69. The van der Waals surface area contributed by atoms with E-state index in [2.05, 4.69) is 28.1 Å². The van der Waals surface area contributed by atoms with Gasteiger partial charge in [0, 0.05) is 36.4 Å². The Morgan fingerprint density at radius 2 is 2.05 bits per heavy atom. The van der Waals surface area contributed by atoms with E-state index in [4.69, 9.17) is 0 Å². The summed E-state index contributed by atoms with van der Waals surface area (Å²) >= 11 is 0. The molecular formula is C18H25N3O. The van der Waals surface area contributed by atoms with Crippen LogP contribution in [0.5, 0.6) is 0 Å². The minimum absolute atomic E-state index is 0.176. The van der Waals surface area contributed by atoms with Crippen molar-refractivity contribution in [3.8, 4) is 0 Å². The molecule has 3 aliphatic heterocycles. The number of nitrogens with one attached hydrogen (secondary N) is 3. The van der Waals surface area contributed by atoms with Crippen LogP contribution in [0, 0.1) is 5.92 Å². The highest BCUT2D eigenvalue weighted by molar-refractivity contribution is 5.91. The third-order valence-electron chi connectivity index (χ3n) is 5.37. The lowest BCUT2D eigenvalue weighted by Crippen LogP contribution is -2.39. The summed E-state index contributed by atoms with van der Waals surface area (Å²) < 4.78 is 0. The molecule has 0 aliphatic carbocycles. The first-order chi connectivity index (χ1) is 10.8. The van der Waals surface area contributed by atoms with Crippen LogP contribution in [0.3, 0.4) is 0 Å². The van der Waals surface area contributed by atoms with E-state index in [9.17, 15) is 4.79 Å². The highest BCUT2D eigenvalue weighted by Crippen LogP contribution is 2.33. The lowest BCUT2D eigenvalue weighted by atomic mass is 9.89. The summed E-state index contributed by atoms with van der Waals surface area (Å²) in [5, 5.41) is 10.1. The van der Waals surface area contributed by atoms with E-state index < -0.39 is 0 Å². The molecule has 0 aromatic heterocycles. The van der Waals surface area contributed by atoms with Crippen molar-refractivity contribution >= 4 is 17.3 Å². The van der Waals surface area contributed by atoms with Crippen molar-refractivity contribution in [3.05, 3.63) is 23.8 Å². The average Bonchev–Trinajstić information content (AvgIpc) is 2.86. The zero-order valence-corrected chi connectivity index (χ0v) is 13.0. The van der Waals surface area contributed by atoms with Crippen molar-refractivity contribution in [2.45, 2.75) is 57.0 Å². The molecule has 2 bridgehead atoms. The number of hydrogen-bond donors (Lipinski definition) is 3. The Morgan fingerprint density at radius 1 is 1.23 bits per heavy atom. The van der Waals surface area contributed by atoms with Gasteiger partial charge in [-0.05, 0) is 68.2 Å². The Labute approximate surface area is 132 Å². The second kappa shape index (κ2) is 5.92. The maximum atomic E-state index is 12.3. The standard InChI is InChI=1S/C18H25N3O/c22-18(10-12-8-14-3-4-15(9-12)20-14)21-16-5-6-17-13(11-16)2-1-7-19-17/h5-6,11-12,14-15,19-20H,1-4,7-10H2,(H,21,22). The molecule has 1 amide bonds. The van der Waals surface area contributed by atoms with Gasteiger partial charge in [-0.2, -0.15) is 0 Å². The molecule has 118 valence electrons. The molecule has 4 nitrogen and oxygen atoms in total. The molecule has 4 rings (SSSR count). The van der Waals surface area contributed by atoms with E-state index in [-0.39, 0.29) is 5.91 Å². The summed E-state index contributed by atoms with van der Waals surface area (Å²) in [6.45, 7) is 1.05. The van der Waals surface area contributed by atoms with Gasteiger partial charge >= 0.3 is 0 Å². The van der Waals surface area contributed by atoms with Crippen LogP contribution in [-0.2, 0) is 11.2 Å². The number of fused-ring (bicyclic) bond motifs is 3. The van der Waals surface area contributed by atoms with Crippen LogP contribution in [0.1, 0.15) is 44.1 Å².